The van der Waals surface area contributed by atoms with Gasteiger partial charge in [0.25, 0.3) is 0 Å². The normalized spacial score (nSPS) is 23.5. The molecular weight excluding hydrogens is 343 g/mol. The van der Waals surface area contributed by atoms with Gasteiger partial charge >= 0.3 is 0 Å². The highest BCUT2D eigenvalue weighted by Gasteiger charge is 2.61. The first-order valence-corrected chi connectivity index (χ1v) is 9.35. The average molecular weight is 366 g/mol. The molecule has 1 saturated heterocycles. The van der Waals surface area contributed by atoms with Crippen molar-refractivity contribution in [1.82, 2.24) is 4.90 Å². The predicted molar refractivity (Wildman–Crippen MR) is 102 cm³/mol. The molecule has 2 aliphatic rings. The van der Waals surface area contributed by atoms with Crippen molar-refractivity contribution in [3.63, 3.8) is 0 Å². The molecule has 2 atom stereocenters. The van der Waals surface area contributed by atoms with E-state index < -0.39 is 0 Å². The van der Waals surface area contributed by atoms with Crippen LogP contribution >= 0.6 is 0 Å². The van der Waals surface area contributed by atoms with Gasteiger partial charge in [-0.2, -0.15) is 0 Å². The minimum Gasteiger partial charge on any atom is -0.342 e. The number of hydrogen-bond acceptors (Lipinski definition) is 2. The molecule has 2 aromatic rings. The fourth-order valence-electron chi connectivity index (χ4n) is 4.07. The number of carbonyl (C=O) groups is 2. The summed E-state index contributed by atoms with van der Waals surface area (Å²) >= 11 is 0. The molecule has 2 fully saturated rings. The highest BCUT2D eigenvalue weighted by molar-refractivity contribution is 5.95. The zero-order chi connectivity index (χ0) is 19.0. The number of amides is 2. The third-order valence-electron chi connectivity index (χ3n) is 5.81. The minimum absolute atomic E-state index is 0.0755. The molecule has 1 saturated carbocycles. The van der Waals surface area contributed by atoms with E-state index in [0.29, 0.717) is 25.2 Å². The molecule has 27 heavy (non-hydrogen) atoms. The van der Waals surface area contributed by atoms with E-state index in [4.69, 9.17) is 0 Å². The maximum Gasteiger partial charge on any atom is 0.228 e. The van der Waals surface area contributed by atoms with Crippen LogP contribution in [0.2, 0.25) is 0 Å². The second-order valence-electron chi connectivity index (χ2n) is 7.85. The van der Waals surface area contributed by atoms with Crippen LogP contribution in [0.5, 0.6) is 0 Å². The Balaban J connectivity index is 1.33. The first-order chi connectivity index (χ1) is 12.9. The van der Waals surface area contributed by atoms with Gasteiger partial charge in [0.05, 0.1) is 6.42 Å². The van der Waals surface area contributed by atoms with E-state index in [2.05, 4.69) is 5.32 Å². The number of benzene rings is 2. The summed E-state index contributed by atoms with van der Waals surface area (Å²) < 4.78 is 13.3. The van der Waals surface area contributed by atoms with Crippen LogP contribution in [0, 0.1) is 24.1 Å². The largest absolute Gasteiger partial charge is 0.342 e. The molecule has 2 amide bonds. The van der Waals surface area contributed by atoms with Crippen molar-refractivity contribution in [2.75, 3.05) is 18.4 Å². The summed E-state index contributed by atoms with van der Waals surface area (Å²) in [5.41, 5.74) is 2.58. The Morgan fingerprint density at radius 1 is 1.22 bits per heavy atom. The van der Waals surface area contributed by atoms with Gasteiger partial charge in [-0.1, -0.05) is 35.9 Å². The van der Waals surface area contributed by atoms with Crippen LogP contribution in [0.3, 0.4) is 0 Å². The van der Waals surface area contributed by atoms with Crippen molar-refractivity contribution in [2.45, 2.75) is 26.2 Å². The molecule has 1 aliphatic carbocycles. The fourth-order valence-corrected chi connectivity index (χ4v) is 4.07. The van der Waals surface area contributed by atoms with E-state index in [1.165, 1.54) is 17.7 Å². The molecule has 0 bridgehead atoms. The first-order valence-electron chi connectivity index (χ1n) is 9.35. The van der Waals surface area contributed by atoms with Crippen LogP contribution in [0.4, 0.5) is 10.1 Å². The fraction of sp³-hybridized carbons (Fsp3) is 0.364. The molecule has 2 aromatic carbocycles. The molecule has 1 heterocycles. The van der Waals surface area contributed by atoms with E-state index in [1.54, 1.807) is 12.1 Å². The number of anilines is 1. The maximum absolute atomic E-state index is 13.3. The van der Waals surface area contributed by atoms with Gasteiger partial charge in [0.15, 0.2) is 0 Å². The molecule has 0 unspecified atom stereocenters. The Morgan fingerprint density at radius 3 is 2.74 bits per heavy atom. The molecule has 4 rings (SSSR count). The summed E-state index contributed by atoms with van der Waals surface area (Å²) in [4.78, 5) is 27.0. The summed E-state index contributed by atoms with van der Waals surface area (Å²) in [6.45, 7) is 3.37. The smallest absolute Gasteiger partial charge is 0.228 e. The molecule has 5 heteroatoms. The summed E-state index contributed by atoms with van der Waals surface area (Å²) in [6, 6.07) is 13.9. The minimum atomic E-state index is -0.368. The van der Waals surface area contributed by atoms with Gasteiger partial charge in [-0.05, 0) is 43.5 Å². The summed E-state index contributed by atoms with van der Waals surface area (Å²) in [6.07, 6.45) is 2.05. The van der Waals surface area contributed by atoms with Crippen LogP contribution in [-0.2, 0) is 16.0 Å². The molecule has 0 radical (unpaired) electrons. The van der Waals surface area contributed by atoms with Crippen molar-refractivity contribution in [1.29, 1.82) is 0 Å². The van der Waals surface area contributed by atoms with Crippen molar-refractivity contribution in [3.8, 4) is 0 Å². The van der Waals surface area contributed by atoms with Gasteiger partial charge < -0.3 is 10.2 Å². The Hall–Kier alpha value is -2.69. The van der Waals surface area contributed by atoms with E-state index in [-0.39, 0.29) is 29.0 Å². The molecule has 140 valence electrons. The van der Waals surface area contributed by atoms with Crippen LogP contribution in [0.25, 0.3) is 0 Å². The quantitative estimate of drug-likeness (QED) is 0.900. The van der Waals surface area contributed by atoms with E-state index in [9.17, 15) is 14.0 Å². The monoisotopic (exact) mass is 366 g/mol. The Morgan fingerprint density at radius 2 is 2.00 bits per heavy atom. The number of nitrogens with zero attached hydrogens (tertiary/aromatic N) is 1. The highest BCUT2D eigenvalue weighted by atomic mass is 19.1. The predicted octanol–water partition coefficient (Wildman–Crippen LogP) is 3.55. The van der Waals surface area contributed by atoms with Crippen molar-refractivity contribution >= 4 is 17.5 Å². The molecular formula is C22H23FN2O2. The number of rotatable bonds is 4. The van der Waals surface area contributed by atoms with Crippen molar-refractivity contribution in [2.24, 2.45) is 11.3 Å². The zero-order valence-corrected chi connectivity index (χ0v) is 15.4. The number of hydrogen-bond donors (Lipinski definition) is 1. The van der Waals surface area contributed by atoms with E-state index >= 15 is 0 Å². The topological polar surface area (TPSA) is 49.4 Å². The Bertz CT molecular complexity index is 880. The van der Waals surface area contributed by atoms with Gasteiger partial charge in [-0.25, -0.2) is 4.39 Å². The summed E-state index contributed by atoms with van der Waals surface area (Å²) in [5, 5.41) is 2.80. The van der Waals surface area contributed by atoms with Crippen LogP contribution in [0.1, 0.15) is 24.0 Å². The zero-order valence-electron chi connectivity index (χ0n) is 15.4. The van der Waals surface area contributed by atoms with Crippen molar-refractivity contribution in [3.05, 3.63) is 65.5 Å². The van der Waals surface area contributed by atoms with E-state index in [0.717, 1.165) is 18.4 Å². The number of halogens is 1. The van der Waals surface area contributed by atoms with Gasteiger partial charge in [0.2, 0.25) is 11.8 Å². The Labute approximate surface area is 158 Å². The average Bonchev–Trinajstić information content (AvgIpc) is 3.17. The number of nitrogens with one attached hydrogen (secondary N) is 1. The third kappa shape index (κ3) is 3.72. The van der Waals surface area contributed by atoms with Crippen LogP contribution < -0.4 is 5.32 Å². The molecule has 1 spiro atoms. The molecule has 1 aliphatic heterocycles. The van der Waals surface area contributed by atoms with Crippen LogP contribution in [0.15, 0.2) is 48.5 Å². The first kappa shape index (κ1) is 17.7. The maximum atomic E-state index is 13.3. The number of likely N-dealkylation sites (tertiary alicyclic amines) is 1. The Kier molecular flexibility index (Phi) is 4.46. The summed E-state index contributed by atoms with van der Waals surface area (Å²) in [7, 11) is 0. The lowest BCUT2D eigenvalue weighted by Crippen LogP contribution is -2.31. The second-order valence-corrected chi connectivity index (χ2v) is 7.85. The van der Waals surface area contributed by atoms with Gasteiger partial charge in [-0.15, -0.1) is 0 Å². The molecule has 1 N–H and O–H groups in total. The number of carbonyl (C=O) groups excluding carboxylic acids is 2. The van der Waals surface area contributed by atoms with Crippen molar-refractivity contribution < 1.29 is 14.0 Å². The van der Waals surface area contributed by atoms with Gasteiger partial charge in [0.1, 0.15) is 5.82 Å². The lowest BCUT2D eigenvalue weighted by Gasteiger charge is -2.17. The lowest BCUT2D eigenvalue weighted by atomic mass is 10.0. The summed E-state index contributed by atoms with van der Waals surface area (Å²) in [5.74, 6) is -0.426. The molecule has 0 aromatic heterocycles. The number of aryl methyl sites for hydroxylation is 1. The van der Waals surface area contributed by atoms with Gasteiger partial charge in [-0.3, -0.25) is 9.59 Å². The van der Waals surface area contributed by atoms with Crippen LogP contribution in [-0.4, -0.2) is 29.8 Å². The lowest BCUT2D eigenvalue weighted by molar-refractivity contribution is -0.129. The standard InChI is InChI=1S/C22H23FN2O2/c1-15-5-7-16(8-6-15)11-20(26)25-10-9-22(14-25)13-19(22)21(27)24-18-4-2-3-17(23)12-18/h2-8,12,19H,9-11,13-14H2,1H3,(H,24,27)/t19-,22+/m0/s1. The van der Waals surface area contributed by atoms with Gasteiger partial charge in [0, 0.05) is 30.1 Å². The third-order valence-corrected chi connectivity index (χ3v) is 5.81. The highest BCUT2D eigenvalue weighted by Crippen LogP contribution is 2.58. The second kappa shape index (κ2) is 6.80. The SMILES string of the molecule is Cc1ccc(CC(=O)N2CC[C@@]3(C[C@H]3C(=O)Nc3cccc(F)c3)C2)cc1. The van der Waals surface area contributed by atoms with E-state index in [1.807, 2.05) is 36.1 Å². The molecule has 4 nitrogen and oxygen atoms in total.